The number of amides is 1. The van der Waals surface area contributed by atoms with Crippen LogP contribution in [0.4, 0.5) is 8.78 Å². The Morgan fingerprint density at radius 2 is 1.69 bits per heavy atom. The monoisotopic (exact) mass is 371 g/mol. The lowest BCUT2D eigenvalue weighted by atomic mass is 9.99. The van der Waals surface area contributed by atoms with Crippen LogP contribution in [-0.4, -0.2) is 42.3 Å². The lowest BCUT2D eigenvalue weighted by Gasteiger charge is -2.26. The molecule has 0 unspecified atom stereocenters. The molecule has 26 heavy (non-hydrogen) atoms. The van der Waals surface area contributed by atoms with E-state index in [1.165, 1.54) is 12.1 Å². The lowest BCUT2D eigenvalue weighted by molar-refractivity contribution is -0.124. The van der Waals surface area contributed by atoms with Gasteiger partial charge in [0.25, 0.3) is 0 Å². The fraction of sp³-hybridized carbons (Fsp3) is 0.632. The predicted molar refractivity (Wildman–Crippen MR) is 98.5 cm³/mol. The maximum absolute atomic E-state index is 13.2. The molecule has 1 amide bonds. The van der Waals surface area contributed by atoms with E-state index in [1.807, 2.05) is 27.7 Å². The summed E-state index contributed by atoms with van der Waals surface area (Å²) in [6, 6.07) is 2.01. The summed E-state index contributed by atoms with van der Waals surface area (Å²) >= 11 is 0. The van der Waals surface area contributed by atoms with Gasteiger partial charge in [0.2, 0.25) is 5.91 Å². The number of benzene rings is 1. The van der Waals surface area contributed by atoms with E-state index in [2.05, 4.69) is 10.6 Å². The molecule has 1 rings (SSSR count). The fourth-order valence-electron chi connectivity index (χ4n) is 2.58. The number of halogens is 2. The average molecular weight is 371 g/mol. The van der Waals surface area contributed by atoms with E-state index >= 15 is 0 Å². The highest BCUT2D eigenvalue weighted by molar-refractivity contribution is 5.82. The number of nitrogens with one attached hydrogen (secondary N) is 2. The molecule has 0 aromatic heterocycles. The molecule has 5 N–H and O–H groups in total. The summed E-state index contributed by atoms with van der Waals surface area (Å²) in [7, 11) is 0. The minimum absolute atomic E-state index is 0.0305. The van der Waals surface area contributed by atoms with Crippen LogP contribution < -0.4 is 16.4 Å². The van der Waals surface area contributed by atoms with Crippen LogP contribution in [0.3, 0.4) is 0 Å². The van der Waals surface area contributed by atoms with E-state index in [0.717, 1.165) is 6.07 Å². The average Bonchev–Trinajstić information content (AvgIpc) is 2.51. The standard InChI is InChI=1S/C19H31F2N3O2/c1-11(2)9-24-19(26)18(12(3)4)23-10-17(25)16(22)7-13-5-14(20)8-15(21)6-13/h5-6,8,11-12,16-18,23,25H,7,9-10,22H2,1-4H3,(H,24,26)/t16-,17+,18-/m0/s1. The molecule has 0 saturated carbocycles. The second kappa shape index (κ2) is 10.5. The number of hydrogen-bond acceptors (Lipinski definition) is 4. The van der Waals surface area contributed by atoms with Gasteiger partial charge in [-0.25, -0.2) is 8.78 Å². The third-order valence-corrected chi connectivity index (χ3v) is 4.07. The first-order chi connectivity index (χ1) is 12.1. The van der Waals surface area contributed by atoms with Crippen LogP contribution in [0, 0.1) is 23.5 Å². The summed E-state index contributed by atoms with van der Waals surface area (Å²) in [5.41, 5.74) is 6.33. The Labute approximate surface area is 154 Å². The van der Waals surface area contributed by atoms with Crippen molar-refractivity contribution in [3.8, 4) is 0 Å². The van der Waals surface area contributed by atoms with Gasteiger partial charge in [-0.1, -0.05) is 27.7 Å². The zero-order valence-electron chi connectivity index (χ0n) is 15.9. The van der Waals surface area contributed by atoms with Gasteiger partial charge < -0.3 is 21.5 Å². The molecule has 0 saturated heterocycles. The molecule has 0 aliphatic heterocycles. The molecule has 1 aromatic rings. The minimum atomic E-state index is -0.958. The summed E-state index contributed by atoms with van der Waals surface area (Å²) in [5.74, 6) is -1.11. The van der Waals surface area contributed by atoms with Crippen molar-refractivity contribution in [2.24, 2.45) is 17.6 Å². The van der Waals surface area contributed by atoms with Crippen molar-refractivity contribution in [1.82, 2.24) is 10.6 Å². The summed E-state index contributed by atoms with van der Waals surface area (Å²) in [5, 5.41) is 16.2. The largest absolute Gasteiger partial charge is 0.390 e. The number of aliphatic hydroxyl groups excluding tert-OH is 1. The SMILES string of the molecule is CC(C)CNC(=O)[C@@H](NC[C@@H](O)[C@@H](N)Cc1cc(F)cc(F)c1)C(C)C. The van der Waals surface area contributed by atoms with E-state index in [-0.39, 0.29) is 24.8 Å². The number of carbonyl (C=O) groups excluding carboxylic acids is 1. The Morgan fingerprint density at radius 3 is 2.19 bits per heavy atom. The van der Waals surface area contributed by atoms with E-state index in [1.54, 1.807) is 0 Å². The predicted octanol–water partition coefficient (Wildman–Crippen LogP) is 1.58. The molecule has 7 heteroatoms. The first-order valence-corrected chi connectivity index (χ1v) is 8.99. The van der Waals surface area contributed by atoms with Gasteiger partial charge in [-0.05, 0) is 36.0 Å². The zero-order chi connectivity index (χ0) is 19.9. The van der Waals surface area contributed by atoms with Crippen molar-refractivity contribution in [1.29, 1.82) is 0 Å². The van der Waals surface area contributed by atoms with Crippen molar-refractivity contribution >= 4 is 5.91 Å². The molecule has 0 fully saturated rings. The molecule has 0 bridgehead atoms. The summed E-state index contributed by atoms with van der Waals surface area (Å²) < 4.78 is 26.5. The lowest BCUT2D eigenvalue weighted by Crippen LogP contribution is -2.52. The maximum Gasteiger partial charge on any atom is 0.237 e. The van der Waals surface area contributed by atoms with Crippen molar-refractivity contribution < 1.29 is 18.7 Å². The number of carbonyl (C=O) groups is 1. The van der Waals surface area contributed by atoms with Gasteiger partial charge in [0.15, 0.2) is 0 Å². The van der Waals surface area contributed by atoms with Crippen LogP contribution in [-0.2, 0) is 11.2 Å². The molecule has 0 aliphatic rings. The maximum atomic E-state index is 13.2. The minimum Gasteiger partial charge on any atom is -0.390 e. The zero-order valence-corrected chi connectivity index (χ0v) is 15.9. The third-order valence-electron chi connectivity index (χ3n) is 4.07. The van der Waals surface area contributed by atoms with Gasteiger partial charge in [0.05, 0.1) is 12.1 Å². The van der Waals surface area contributed by atoms with Crippen molar-refractivity contribution in [3.63, 3.8) is 0 Å². The van der Waals surface area contributed by atoms with E-state index in [4.69, 9.17) is 5.73 Å². The van der Waals surface area contributed by atoms with Crippen LogP contribution in [0.1, 0.15) is 33.3 Å². The first kappa shape index (κ1) is 22.5. The molecular formula is C19H31F2N3O2. The van der Waals surface area contributed by atoms with Crippen LogP contribution in [0.2, 0.25) is 0 Å². The van der Waals surface area contributed by atoms with Gasteiger partial charge >= 0.3 is 0 Å². The number of rotatable bonds is 10. The highest BCUT2D eigenvalue weighted by Gasteiger charge is 2.24. The van der Waals surface area contributed by atoms with Gasteiger partial charge in [0, 0.05) is 25.2 Å². The van der Waals surface area contributed by atoms with E-state index in [0.29, 0.717) is 18.0 Å². The fourth-order valence-corrected chi connectivity index (χ4v) is 2.58. The number of nitrogens with two attached hydrogens (primary N) is 1. The molecular weight excluding hydrogens is 340 g/mol. The van der Waals surface area contributed by atoms with Crippen molar-refractivity contribution in [3.05, 3.63) is 35.4 Å². The molecule has 5 nitrogen and oxygen atoms in total. The third kappa shape index (κ3) is 7.76. The Hall–Kier alpha value is -1.57. The van der Waals surface area contributed by atoms with Crippen LogP contribution in [0.25, 0.3) is 0 Å². The van der Waals surface area contributed by atoms with E-state index in [9.17, 15) is 18.7 Å². The van der Waals surface area contributed by atoms with Crippen LogP contribution >= 0.6 is 0 Å². The molecule has 1 aromatic carbocycles. The molecule has 3 atom stereocenters. The molecule has 0 spiro atoms. The van der Waals surface area contributed by atoms with Crippen molar-refractivity contribution in [2.75, 3.05) is 13.1 Å². The number of hydrogen-bond donors (Lipinski definition) is 4. The summed E-state index contributed by atoms with van der Waals surface area (Å²) in [6.45, 7) is 8.53. The first-order valence-electron chi connectivity index (χ1n) is 8.99. The summed E-state index contributed by atoms with van der Waals surface area (Å²) in [4.78, 5) is 12.3. The topological polar surface area (TPSA) is 87.4 Å². The van der Waals surface area contributed by atoms with Gasteiger partial charge in [-0.2, -0.15) is 0 Å². The second-order valence-electron chi connectivity index (χ2n) is 7.48. The van der Waals surface area contributed by atoms with Crippen LogP contribution in [0.5, 0.6) is 0 Å². The number of aliphatic hydroxyl groups is 1. The summed E-state index contributed by atoms with van der Waals surface area (Å²) in [6.07, 6.45) is -0.830. The highest BCUT2D eigenvalue weighted by atomic mass is 19.1. The Kier molecular flexibility index (Phi) is 9.12. The quantitative estimate of drug-likeness (QED) is 0.503. The Bertz CT molecular complexity index is 562. The molecule has 148 valence electrons. The van der Waals surface area contributed by atoms with Gasteiger partial charge in [-0.3, -0.25) is 4.79 Å². The Morgan fingerprint density at radius 1 is 1.12 bits per heavy atom. The Balaban J connectivity index is 2.58. The van der Waals surface area contributed by atoms with Gasteiger partial charge in [-0.15, -0.1) is 0 Å². The van der Waals surface area contributed by atoms with E-state index < -0.39 is 29.8 Å². The second-order valence-corrected chi connectivity index (χ2v) is 7.48. The molecule has 0 heterocycles. The van der Waals surface area contributed by atoms with Crippen LogP contribution in [0.15, 0.2) is 18.2 Å². The smallest absolute Gasteiger partial charge is 0.237 e. The molecule has 0 aliphatic carbocycles. The van der Waals surface area contributed by atoms with Crippen molar-refractivity contribution in [2.45, 2.75) is 52.3 Å². The van der Waals surface area contributed by atoms with Gasteiger partial charge in [0.1, 0.15) is 11.6 Å². The molecule has 0 radical (unpaired) electrons. The highest BCUT2D eigenvalue weighted by Crippen LogP contribution is 2.11. The normalized spacial score (nSPS) is 15.2.